The summed E-state index contributed by atoms with van der Waals surface area (Å²) in [5, 5.41) is 0.272. The van der Waals surface area contributed by atoms with Crippen molar-refractivity contribution in [2.45, 2.75) is 46.0 Å². The van der Waals surface area contributed by atoms with Crippen molar-refractivity contribution in [3.8, 4) is 11.1 Å². The fourth-order valence-electron chi connectivity index (χ4n) is 4.26. The molecule has 0 radical (unpaired) electrons. The molecule has 9 heteroatoms. The topological polar surface area (TPSA) is 51.5 Å². The van der Waals surface area contributed by atoms with E-state index < -0.39 is 23.5 Å². The van der Waals surface area contributed by atoms with Crippen molar-refractivity contribution < 1.29 is 31.9 Å². The number of carbonyl (C=O) groups is 2. The highest BCUT2D eigenvalue weighted by atomic mass is 19.4. The van der Waals surface area contributed by atoms with Gasteiger partial charge in [0.25, 0.3) is 0 Å². The van der Waals surface area contributed by atoms with Crippen LogP contribution in [0.1, 0.15) is 37.8 Å². The molecule has 1 aromatic heterocycles. The normalized spacial score (nSPS) is 13.8. The first-order chi connectivity index (χ1) is 16.6. The average molecular weight is 490 g/mol. The number of fused-ring (bicyclic) bond motifs is 1. The summed E-state index contributed by atoms with van der Waals surface area (Å²) < 4.78 is 61.4. The number of hydrogen-bond acceptors (Lipinski definition) is 3. The maximum atomic E-state index is 14.3. The fraction of sp³-hybridized carbons (Fsp3) is 0.385. The third-order valence-electron chi connectivity index (χ3n) is 6.15. The third-order valence-corrected chi connectivity index (χ3v) is 6.15. The van der Waals surface area contributed by atoms with Crippen molar-refractivity contribution in [1.82, 2.24) is 9.47 Å². The first-order valence-corrected chi connectivity index (χ1v) is 11.6. The summed E-state index contributed by atoms with van der Waals surface area (Å²) in [4.78, 5) is 26.5. The van der Waals surface area contributed by atoms with Gasteiger partial charge in [0.1, 0.15) is 12.4 Å². The summed E-state index contributed by atoms with van der Waals surface area (Å²) in [6.45, 7) is 4.04. The molecule has 0 saturated heterocycles. The number of esters is 1. The van der Waals surface area contributed by atoms with Crippen LogP contribution in [-0.2, 0) is 33.6 Å². The molecule has 0 N–H and O–H groups in total. The molecule has 0 aliphatic heterocycles. The first kappa shape index (κ1) is 24.8. The molecule has 0 atom stereocenters. The van der Waals surface area contributed by atoms with E-state index in [4.69, 9.17) is 4.74 Å². The molecule has 186 valence electrons. The highest BCUT2D eigenvalue weighted by Crippen LogP contribution is 2.38. The molecule has 5 nitrogen and oxygen atoms in total. The fourth-order valence-corrected chi connectivity index (χ4v) is 4.26. The van der Waals surface area contributed by atoms with Crippen molar-refractivity contribution >= 4 is 22.8 Å². The number of alkyl halides is 3. The van der Waals surface area contributed by atoms with Crippen LogP contribution < -0.4 is 0 Å². The van der Waals surface area contributed by atoms with Gasteiger partial charge in [-0.2, -0.15) is 13.2 Å². The minimum atomic E-state index is -4.56. The molecule has 1 aliphatic rings. The van der Waals surface area contributed by atoms with Crippen LogP contribution in [0, 0.1) is 11.7 Å². The van der Waals surface area contributed by atoms with Crippen LogP contribution in [0.2, 0.25) is 0 Å². The molecule has 4 rings (SSSR count). The number of benzene rings is 2. The molecule has 1 aliphatic carbocycles. The SMILES string of the molecule is CCOC(=O)Cn1cc(-c2ccc(F)cc2CN(CC)C(=O)C2CC2)c2cc(C(F)(F)F)ccc21. The molecule has 0 bridgehead atoms. The molecule has 1 fully saturated rings. The second-order valence-electron chi connectivity index (χ2n) is 8.63. The molecule has 0 unspecified atom stereocenters. The van der Waals surface area contributed by atoms with E-state index in [9.17, 15) is 27.2 Å². The zero-order chi connectivity index (χ0) is 25.3. The number of nitrogens with zero attached hydrogens (tertiary/aromatic N) is 2. The maximum Gasteiger partial charge on any atom is 0.416 e. The molecule has 1 saturated carbocycles. The summed E-state index contributed by atoms with van der Waals surface area (Å²) in [5.74, 6) is -1.06. The van der Waals surface area contributed by atoms with Gasteiger partial charge in [0, 0.05) is 41.7 Å². The third kappa shape index (κ3) is 5.33. The van der Waals surface area contributed by atoms with Crippen LogP contribution >= 0.6 is 0 Å². The zero-order valence-corrected chi connectivity index (χ0v) is 19.5. The number of hydrogen-bond donors (Lipinski definition) is 0. The summed E-state index contributed by atoms with van der Waals surface area (Å²) in [6, 6.07) is 7.36. The summed E-state index contributed by atoms with van der Waals surface area (Å²) in [7, 11) is 0. The van der Waals surface area contributed by atoms with E-state index in [0.29, 0.717) is 28.8 Å². The molecule has 1 heterocycles. The van der Waals surface area contributed by atoms with Gasteiger partial charge in [-0.3, -0.25) is 9.59 Å². The van der Waals surface area contributed by atoms with Crippen LogP contribution in [0.3, 0.4) is 0 Å². The van der Waals surface area contributed by atoms with Crippen molar-refractivity contribution in [2.75, 3.05) is 13.2 Å². The monoisotopic (exact) mass is 490 g/mol. The minimum absolute atomic E-state index is 0.00759. The second kappa shape index (κ2) is 9.71. The van der Waals surface area contributed by atoms with E-state index in [-0.39, 0.29) is 36.9 Å². The Morgan fingerprint density at radius 1 is 1.09 bits per heavy atom. The van der Waals surface area contributed by atoms with Crippen molar-refractivity contribution in [3.63, 3.8) is 0 Å². The molecule has 2 aromatic carbocycles. The molecule has 3 aromatic rings. The van der Waals surface area contributed by atoms with E-state index in [2.05, 4.69) is 0 Å². The lowest BCUT2D eigenvalue weighted by molar-refractivity contribution is -0.143. The van der Waals surface area contributed by atoms with Crippen molar-refractivity contribution in [2.24, 2.45) is 5.92 Å². The van der Waals surface area contributed by atoms with Crippen LogP contribution in [-0.4, -0.2) is 34.5 Å². The van der Waals surface area contributed by atoms with Gasteiger partial charge in [-0.1, -0.05) is 6.07 Å². The van der Waals surface area contributed by atoms with Gasteiger partial charge in [0.2, 0.25) is 5.91 Å². The Balaban J connectivity index is 1.84. The summed E-state index contributed by atoms with van der Waals surface area (Å²) >= 11 is 0. The first-order valence-electron chi connectivity index (χ1n) is 11.6. The lowest BCUT2D eigenvalue weighted by Gasteiger charge is -2.22. The van der Waals surface area contributed by atoms with Gasteiger partial charge in [-0.05, 0) is 68.1 Å². The number of halogens is 4. The number of aromatic nitrogens is 1. The summed E-state index contributed by atoms with van der Waals surface area (Å²) in [5.41, 5.74) is 0.981. The van der Waals surface area contributed by atoms with E-state index >= 15 is 0 Å². The number of ether oxygens (including phenoxy) is 1. The van der Waals surface area contributed by atoms with E-state index in [1.165, 1.54) is 28.8 Å². The van der Waals surface area contributed by atoms with Crippen molar-refractivity contribution in [1.29, 1.82) is 0 Å². The Morgan fingerprint density at radius 3 is 2.46 bits per heavy atom. The smallest absolute Gasteiger partial charge is 0.416 e. The van der Waals surface area contributed by atoms with Gasteiger partial charge >= 0.3 is 12.1 Å². The predicted octanol–water partition coefficient (Wildman–Crippen LogP) is 5.79. The lowest BCUT2D eigenvalue weighted by atomic mass is 9.97. The molecule has 0 spiro atoms. The second-order valence-corrected chi connectivity index (χ2v) is 8.63. The van der Waals surface area contributed by atoms with Gasteiger partial charge in [0.05, 0.1) is 12.2 Å². The molecule has 35 heavy (non-hydrogen) atoms. The highest BCUT2D eigenvalue weighted by Gasteiger charge is 2.34. The summed E-state index contributed by atoms with van der Waals surface area (Å²) in [6.07, 6.45) is -1.33. The Bertz CT molecular complexity index is 1260. The van der Waals surface area contributed by atoms with Gasteiger partial charge in [-0.25, -0.2) is 4.39 Å². The van der Waals surface area contributed by atoms with Crippen LogP contribution in [0.15, 0.2) is 42.6 Å². The Hall–Kier alpha value is -3.36. The van der Waals surface area contributed by atoms with Gasteiger partial charge < -0.3 is 14.2 Å². The van der Waals surface area contributed by atoms with Crippen LogP contribution in [0.5, 0.6) is 0 Å². The standard InChI is InChI=1S/C26H26F4N2O3/c1-3-31(25(34)16-5-6-16)13-17-11-19(27)8-9-20(17)22-14-32(15-24(33)35-4-2)23-10-7-18(12-21(22)23)26(28,29)30/h7-12,14,16H,3-6,13,15H2,1-2H3. The van der Waals surface area contributed by atoms with E-state index in [1.54, 1.807) is 18.0 Å². The van der Waals surface area contributed by atoms with Crippen LogP contribution in [0.25, 0.3) is 22.0 Å². The molecule has 1 amide bonds. The Morgan fingerprint density at radius 2 is 1.83 bits per heavy atom. The maximum absolute atomic E-state index is 14.3. The number of amides is 1. The number of carbonyl (C=O) groups excluding carboxylic acids is 2. The average Bonchev–Trinajstić information content (AvgIpc) is 3.60. The minimum Gasteiger partial charge on any atom is -0.465 e. The van der Waals surface area contributed by atoms with E-state index in [0.717, 1.165) is 25.0 Å². The lowest BCUT2D eigenvalue weighted by Crippen LogP contribution is -2.31. The Kier molecular flexibility index (Phi) is 6.87. The van der Waals surface area contributed by atoms with E-state index in [1.807, 2.05) is 6.92 Å². The molecular weight excluding hydrogens is 464 g/mol. The van der Waals surface area contributed by atoms with Crippen LogP contribution in [0.4, 0.5) is 17.6 Å². The number of rotatable bonds is 8. The Labute approximate surface area is 200 Å². The van der Waals surface area contributed by atoms with Crippen molar-refractivity contribution in [3.05, 3.63) is 59.5 Å². The largest absolute Gasteiger partial charge is 0.465 e. The zero-order valence-electron chi connectivity index (χ0n) is 19.5. The quantitative estimate of drug-likeness (QED) is 0.297. The molecular formula is C26H26F4N2O3. The van der Waals surface area contributed by atoms with Gasteiger partial charge in [-0.15, -0.1) is 0 Å². The highest BCUT2D eigenvalue weighted by molar-refractivity contribution is 5.98. The van der Waals surface area contributed by atoms with Gasteiger partial charge in [0.15, 0.2) is 0 Å². The predicted molar refractivity (Wildman–Crippen MR) is 123 cm³/mol.